The molecule has 0 spiro atoms. The number of aromatic nitrogens is 4. The Kier molecular flexibility index (Phi) is 5.40. The third-order valence-corrected chi connectivity index (χ3v) is 4.99. The molecule has 30 heavy (non-hydrogen) atoms. The summed E-state index contributed by atoms with van der Waals surface area (Å²) in [7, 11) is 0. The van der Waals surface area contributed by atoms with Crippen LogP contribution in [0, 0.1) is 17.6 Å². The highest BCUT2D eigenvalue weighted by Gasteiger charge is 2.35. The van der Waals surface area contributed by atoms with Gasteiger partial charge in [-0.25, -0.2) is 8.78 Å². The van der Waals surface area contributed by atoms with Crippen molar-refractivity contribution in [2.45, 2.75) is 13.0 Å². The molecule has 1 atom stereocenters. The van der Waals surface area contributed by atoms with Gasteiger partial charge in [0.1, 0.15) is 0 Å². The number of hydrogen-bond acceptors (Lipinski definition) is 5. The predicted octanol–water partition coefficient (Wildman–Crippen LogP) is 2.26. The standard InChI is InChI=1S/C19H15ClF2N6O2/c20-12-1-3-13(4-2-12)27-10-11(7-18(27)29)19(30)23-9-17-24-25-26-28(17)14-5-6-15(21)16(22)8-14/h1-6,8,11H,7,9-10H2,(H,23,30)/t11-/m0/s1. The lowest BCUT2D eigenvalue weighted by molar-refractivity contribution is -0.126. The summed E-state index contributed by atoms with van der Waals surface area (Å²) in [5, 5.41) is 14.3. The lowest BCUT2D eigenvalue weighted by Crippen LogP contribution is -2.33. The van der Waals surface area contributed by atoms with Crippen molar-refractivity contribution in [2.75, 3.05) is 11.4 Å². The van der Waals surface area contributed by atoms with Crippen LogP contribution in [0.4, 0.5) is 14.5 Å². The van der Waals surface area contributed by atoms with E-state index >= 15 is 0 Å². The lowest BCUT2D eigenvalue weighted by Gasteiger charge is -2.16. The Morgan fingerprint density at radius 3 is 2.60 bits per heavy atom. The van der Waals surface area contributed by atoms with Crippen molar-refractivity contribution >= 4 is 29.1 Å². The minimum atomic E-state index is -1.04. The van der Waals surface area contributed by atoms with E-state index < -0.39 is 17.6 Å². The monoisotopic (exact) mass is 432 g/mol. The molecule has 2 amide bonds. The molecule has 0 saturated carbocycles. The first-order valence-corrected chi connectivity index (χ1v) is 9.36. The Morgan fingerprint density at radius 1 is 1.13 bits per heavy atom. The van der Waals surface area contributed by atoms with Crippen LogP contribution in [-0.4, -0.2) is 38.6 Å². The van der Waals surface area contributed by atoms with Gasteiger partial charge in [-0.2, -0.15) is 4.68 Å². The Balaban J connectivity index is 1.41. The Morgan fingerprint density at radius 2 is 1.87 bits per heavy atom. The molecule has 3 aromatic rings. The second kappa shape index (κ2) is 8.15. The number of anilines is 1. The number of hydrogen-bond donors (Lipinski definition) is 1. The quantitative estimate of drug-likeness (QED) is 0.667. The molecule has 1 aliphatic rings. The average molecular weight is 433 g/mol. The van der Waals surface area contributed by atoms with Crippen molar-refractivity contribution in [3.05, 3.63) is 64.9 Å². The first-order valence-electron chi connectivity index (χ1n) is 8.98. The van der Waals surface area contributed by atoms with Crippen molar-refractivity contribution in [1.29, 1.82) is 0 Å². The van der Waals surface area contributed by atoms with E-state index in [1.165, 1.54) is 15.6 Å². The summed E-state index contributed by atoms with van der Waals surface area (Å²) < 4.78 is 27.8. The fourth-order valence-electron chi connectivity index (χ4n) is 3.20. The van der Waals surface area contributed by atoms with Gasteiger partial charge in [-0.15, -0.1) is 5.10 Å². The average Bonchev–Trinajstić information content (AvgIpc) is 3.35. The molecule has 2 aromatic carbocycles. The van der Waals surface area contributed by atoms with E-state index in [2.05, 4.69) is 20.8 Å². The Labute approximate surface area is 174 Å². The maximum absolute atomic E-state index is 13.5. The number of rotatable bonds is 5. The molecule has 2 heterocycles. The van der Waals surface area contributed by atoms with Gasteiger partial charge >= 0.3 is 0 Å². The third-order valence-electron chi connectivity index (χ3n) is 4.74. The zero-order valence-corrected chi connectivity index (χ0v) is 16.2. The van der Waals surface area contributed by atoms with Gasteiger partial charge < -0.3 is 10.2 Å². The molecular weight excluding hydrogens is 418 g/mol. The molecule has 11 heteroatoms. The van der Waals surface area contributed by atoms with Crippen molar-refractivity contribution in [1.82, 2.24) is 25.5 Å². The van der Waals surface area contributed by atoms with Crippen LogP contribution in [-0.2, 0) is 16.1 Å². The van der Waals surface area contributed by atoms with Crippen molar-refractivity contribution in [3.8, 4) is 5.69 Å². The van der Waals surface area contributed by atoms with E-state index in [0.29, 0.717) is 10.7 Å². The van der Waals surface area contributed by atoms with E-state index in [-0.39, 0.29) is 42.8 Å². The summed E-state index contributed by atoms with van der Waals surface area (Å²) in [6.45, 7) is 0.191. The molecule has 4 rings (SSSR count). The normalized spacial score (nSPS) is 16.2. The number of halogens is 3. The molecule has 0 radical (unpaired) electrons. The van der Waals surface area contributed by atoms with E-state index in [4.69, 9.17) is 11.6 Å². The van der Waals surface area contributed by atoms with Gasteiger partial charge in [0.2, 0.25) is 11.8 Å². The van der Waals surface area contributed by atoms with E-state index in [1.54, 1.807) is 24.3 Å². The topological polar surface area (TPSA) is 93.0 Å². The summed E-state index contributed by atoms with van der Waals surface area (Å²) in [6.07, 6.45) is 0.0720. The molecule has 1 aromatic heterocycles. The van der Waals surface area contributed by atoms with Crippen LogP contribution in [0.5, 0.6) is 0 Å². The molecule has 1 aliphatic heterocycles. The zero-order chi connectivity index (χ0) is 21.3. The second-order valence-electron chi connectivity index (χ2n) is 6.70. The van der Waals surface area contributed by atoms with Gasteiger partial charge in [0, 0.05) is 29.7 Å². The summed E-state index contributed by atoms with van der Waals surface area (Å²) >= 11 is 5.87. The molecule has 8 nitrogen and oxygen atoms in total. The molecule has 0 aliphatic carbocycles. The highest BCUT2D eigenvalue weighted by Crippen LogP contribution is 2.26. The highest BCUT2D eigenvalue weighted by molar-refractivity contribution is 6.30. The fraction of sp³-hybridized carbons (Fsp3) is 0.211. The van der Waals surface area contributed by atoms with Crippen LogP contribution in [0.1, 0.15) is 12.2 Å². The van der Waals surface area contributed by atoms with Gasteiger partial charge in [-0.05, 0) is 46.8 Å². The molecular formula is C19H15ClF2N6O2. The number of nitrogens with zero attached hydrogens (tertiary/aromatic N) is 5. The number of benzene rings is 2. The minimum absolute atomic E-state index is 0.0452. The van der Waals surface area contributed by atoms with Gasteiger partial charge in [0.05, 0.1) is 18.2 Å². The molecule has 0 unspecified atom stereocenters. The number of carbonyl (C=O) groups is 2. The highest BCUT2D eigenvalue weighted by atomic mass is 35.5. The van der Waals surface area contributed by atoms with Crippen LogP contribution >= 0.6 is 11.6 Å². The smallest absolute Gasteiger partial charge is 0.227 e. The molecule has 1 saturated heterocycles. The first-order chi connectivity index (χ1) is 14.4. The third kappa shape index (κ3) is 3.99. The zero-order valence-electron chi connectivity index (χ0n) is 15.4. The summed E-state index contributed by atoms with van der Waals surface area (Å²) in [5.74, 6) is -2.83. The molecule has 0 bridgehead atoms. The van der Waals surface area contributed by atoms with Gasteiger partial charge in [-0.1, -0.05) is 11.6 Å². The largest absolute Gasteiger partial charge is 0.348 e. The minimum Gasteiger partial charge on any atom is -0.348 e. The van der Waals surface area contributed by atoms with Crippen molar-refractivity contribution < 1.29 is 18.4 Å². The Hall–Kier alpha value is -3.40. The van der Waals surface area contributed by atoms with Crippen LogP contribution < -0.4 is 10.2 Å². The van der Waals surface area contributed by atoms with Crippen molar-refractivity contribution in [2.24, 2.45) is 5.92 Å². The lowest BCUT2D eigenvalue weighted by atomic mass is 10.1. The van der Waals surface area contributed by atoms with Gasteiger partial charge in [0.25, 0.3) is 0 Å². The van der Waals surface area contributed by atoms with E-state index in [1.807, 2.05) is 0 Å². The Bertz CT molecular complexity index is 1100. The summed E-state index contributed by atoms with van der Waals surface area (Å²) in [5.41, 5.74) is 0.884. The molecule has 154 valence electrons. The number of nitrogens with one attached hydrogen (secondary N) is 1. The van der Waals surface area contributed by atoms with Gasteiger partial charge in [-0.3, -0.25) is 9.59 Å². The number of carbonyl (C=O) groups excluding carboxylic acids is 2. The summed E-state index contributed by atoms with van der Waals surface area (Å²) in [6, 6.07) is 10.0. The second-order valence-corrected chi connectivity index (χ2v) is 7.14. The SMILES string of the molecule is O=C(NCc1nnnn1-c1ccc(F)c(F)c1)[C@H]1CC(=O)N(c2ccc(Cl)cc2)C1. The summed E-state index contributed by atoms with van der Waals surface area (Å²) in [4.78, 5) is 26.4. The molecule has 1 fully saturated rings. The van der Waals surface area contributed by atoms with E-state index in [0.717, 1.165) is 12.1 Å². The first kappa shape index (κ1) is 19.9. The van der Waals surface area contributed by atoms with Crippen LogP contribution in [0.15, 0.2) is 42.5 Å². The van der Waals surface area contributed by atoms with Crippen LogP contribution in [0.25, 0.3) is 5.69 Å². The number of tetrazole rings is 1. The number of amides is 2. The van der Waals surface area contributed by atoms with Gasteiger partial charge in [0.15, 0.2) is 17.5 Å². The maximum atomic E-state index is 13.5. The van der Waals surface area contributed by atoms with Crippen molar-refractivity contribution in [3.63, 3.8) is 0 Å². The van der Waals surface area contributed by atoms with Crippen LogP contribution in [0.3, 0.4) is 0 Å². The fourth-order valence-corrected chi connectivity index (χ4v) is 3.32. The predicted molar refractivity (Wildman–Crippen MR) is 103 cm³/mol. The van der Waals surface area contributed by atoms with Crippen LogP contribution in [0.2, 0.25) is 5.02 Å². The van der Waals surface area contributed by atoms with E-state index in [9.17, 15) is 18.4 Å². The maximum Gasteiger partial charge on any atom is 0.227 e. The molecule has 1 N–H and O–H groups in total.